The number of amides is 1. The van der Waals surface area contributed by atoms with Crippen LogP contribution in [0.2, 0.25) is 0 Å². The van der Waals surface area contributed by atoms with E-state index in [4.69, 9.17) is 4.42 Å². The molecule has 1 heterocycles. The zero-order chi connectivity index (χ0) is 22.8. The van der Waals surface area contributed by atoms with E-state index in [1.54, 1.807) is 24.3 Å². The molecule has 9 heteroatoms. The molecular formula is C23H16FNO6S. The molecule has 0 unspecified atom stereocenters. The molecule has 3 N–H and O–H groups in total. The number of benzene rings is 3. The van der Waals surface area contributed by atoms with Crippen LogP contribution in [0.15, 0.2) is 63.8 Å². The Balaban J connectivity index is 1.94. The first-order valence-electron chi connectivity index (χ1n) is 9.48. The molecule has 32 heavy (non-hydrogen) atoms. The number of anilines is 1. The maximum absolute atomic E-state index is 12.2. The molecule has 1 aliphatic carbocycles. The molecule has 1 amide bonds. The highest BCUT2D eigenvalue weighted by Gasteiger charge is 2.22. The molecule has 0 radical (unpaired) electrons. The fourth-order valence-electron chi connectivity index (χ4n) is 3.52. The van der Waals surface area contributed by atoms with Crippen LogP contribution in [-0.4, -0.2) is 27.8 Å². The van der Waals surface area contributed by atoms with Gasteiger partial charge in [0.2, 0.25) is 5.91 Å². The molecule has 0 saturated carbocycles. The smallest absolute Gasteiger partial charge is 0.336 e. The normalized spacial score (nSPS) is 11.0. The lowest BCUT2D eigenvalue weighted by atomic mass is 9.90. The van der Waals surface area contributed by atoms with E-state index in [9.17, 15) is 28.5 Å². The molecule has 2 aromatic carbocycles. The van der Waals surface area contributed by atoms with Gasteiger partial charge in [0, 0.05) is 58.7 Å². The van der Waals surface area contributed by atoms with Crippen LogP contribution >= 0.6 is 12.1 Å². The molecule has 0 atom stereocenters. The zero-order valence-corrected chi connectivity index (χ0v) is 17.2. The monoisotopic (exact) mass is 453 g/mol. The highest BCUT2D eigenvalue weighted by molar-refractivity contribution is 7.94. The Morgan fingerprint density at radius 1 is 1.03 bits per heavy atom. The number of carbonyl (C=O) groups excluding carboxylic acids is 1. The number of phenols is 1. The van der Waals surface area contributed by atoms with Crippen LogP contribution in [0, 0.1) is 0 Å². The first-order chi connectivity index (χ1) is 15.4. The summed E-state index contributed by atoms with van der Waals surface area (Å²) in [5, 5.41) is 22.8. The van der Waals surface area contributed by atoms with E-state index in [1.165, 1.54) is 30.3 Å². The standard InChI is InChI=1S/C23H16FNO6S/c24-32-8-7-21(28)25-12-1-4-15(18(9-12)23(29)30)22-16-5-2-13(26)10-19(16)31-20-11-14(27)3-6-17(20)22/h1-6,9-11,26H,7-8H2,(H,25,28)(H,29,30). The molecule has 4 rings (SSSR count). The van der Waals surface area contributed by atoms with Crippen molar-refractivity contribution in [3.05, 3.63) is 70.4 Å². The summed E-state index contributed by atoms with van der Waals surface area (Å²) in [7, 11) is 0. The number of phenolic OH excluding ortho intramolecular Hbond substituents is 1. The quantitative estimate of drug-likeness (QED) is 0.355. The molecule has 162 valence electrons. The molecule has 0 spiro atoms. The van der Waals surface area contributed by atoms with Crippen LogP contribution in [-0.2, 0) is 4.79 Å². The van der Waals surface area contributed by atoms with Gasteiger partial charge in [0.15, 0.2) is 5.43 Å². The Labute approximate surface area is 185 Å². The molecular weight excluding hydrogens is 437 g/mol. The summed E-state index contributed by atoms with van der Waals surface area (Å²) < 4.78 is 18.0. The van der Waals surface area contributed by atoms with Crippen molar-refractivity contribution in [2.24, 2.45) is 0 Å². The molecule has 0 bridgehead atoms. The largest absolute Gasteiger partial charge is 0.508 e. The van der Waals surface area contributed by atoms with E-state index in [0.29, 0.717) is 22.1 Å². The van der Waals surface area contributed by atoms with Gasteiger partial charge in [-0.3, -0.25) is 9.59 Å². The average molecular weight is 453 g/mol. The number of fused-ring (bicyclic) bond motifs is 2. The van der Waals surface area contributed by atoms with Crippen molar-refractivity contribution < 1.29 is 28.1 Å². The lowest BCUT2D eigenvalue weighted by Gasteiger charge is -2.17. The predicted octanol–water partition coefficient (Wildman–Crippen LogP) is 4.91. The number of carboxylic acids is 1. The summed E-state index contributed by atoms with van der Waals surface area (Å²) in [6.07, 6.45) is -0.0538. The van der Waals surface area contributed by atoms with Crippen molar-refractivity contribution in [3.8, 4) is 28.2 Å². The van der Waals surface area contributed by atoms with Gasteiger partial charge in [-0.05, 0) is 42.0 Å². The number of aromatic hydroxyl groups is 1. The second kappa shape index (κ2) is 8.72. The van der Waals surface area contributed by atoms with E-state index < -0.39 is 11.9 Å². The number of halogens is 1. The van der Waals surface area contributed by atoms with Crippen LogP contribution in [0.5, 0.6) is 5.75 Å². The van der Waals surface area contributed by atoms with Crippen molar-refractivity contribution >= 4 is 40.7 Å². The summed E-state index contributed by atoms with van der Waals surface area (Å²) >= 11 is 0.0486. The zero-order valence-electron chi connectivity index (χ0n) is 16.4. The Morgan fingerprint density at radius 2 is 1.81 bits per heavy atom. The molecule has 0 fully saturated rings. The van der Waals surface area contributed by atoms with E-state index in [0.717, 1.165) is 0 Å². The lowest BCUT2D eigenvalue weighted by Crippen LogP contribution is -2.13. The maximum atomic E-state index is 12.2. The van der Waals surface area contributed by atoms with Crippen LogP contribution < -0.4 is 10.7 Å². The molecule has 0 aromatic heterocycles. The summed E-state index contributed by atoms with van der Waals surface area (Å²) in [4.78, 5) is 35.9. The molecule has 0 saturated heterocycles. The minimum Gasteiger partial charge on any atom is -0.508 e. The third kappa shape index (κ3) is 4.15. The summed E-state index contributed by atoms with van der Waals surface area (Å²) in [5.41, 5.74) is 1.52. The average Bonchev–Trinajstić information content (AvgIpc) is 2.76. The summed E-state index contributed by atoms with van der Waals surface area (Å²) in [6.45, 7) is 0. The van der Waals surface area contributed by atoms with Crippen LogP contribution in [0.1, 0.15) is 16.8 Å². The van der Waals surface area contributed by atoms with Crippen molar-refractivity contribution in [1.29, 1.82) is 0 Å². The number of nitrogens with one attached hydrogen (secondary N) is 1. The number of carbonyl (C=O) groups is 2. The molecule has 7 nitrogen and oxygen atoms in total. The van der Waals surface area contributed by atoms with Gasteiger partial charge in [-0.25, -0.2) is 4.79 Å². The third-order valence-electron chi connectivity index (χ3n) is 4.89. The van der Waals surface area contributed by atoms with Gasteiger partial charge in [-0.2, -0.15) is 3.89 Å². The summed E-state index contributed by atoms with van der Waals surface area (Å²) in [5.74, 6) is -1.48. The Bertz CT molecular complexity index is 1380. The van der Waals surface area contributed by atoms with E-state index in [1.807, 2.05) is 0 Å². The van der Waals surface area contributed by atoms with Gasteiger partial charge >= 0.3 is 5.97 Å². The van der Waals surface area contributed by atoms with Gasteiger partial charge < -0.3 is 19.9 Å². The van der Waals surface area contributed by atoms with Crippen LogP contribution in [0.3, 0.4) is 0 Å². The highest BCUT2D eigenvalue weighted by atomic mass is 32.2. The maximum Gasteiger partial charge on any atom is 0.336 e. The van der Waals surface area contributed by atoms with Gasteiger partial charge in [0.1, 0.15) is 17.1 Å². The molecule has 1 aliphatic heterocycles. The van der Waals surface area contributed by atoms with Gasteiger partial charge in [-0.15, -0.1) is 0 Å². The predicted molar refractivity (Wildman–Crippen MR) is 120 cm³/mol. The Morgan fingerprint density at radius 3 is 2.56 bits per heavy atom. The number of rotatable bonds is 6. The number of aromatic carboxylic acids is 1. The SMILES string of the molecule is O=C(CCSF)Nc1ccc(-c2c3ccc(=O)cc-3oc3cc(O)ccc23)c(C(=O)O)c1. The molecule has 2 aliphatic rings. The van der Waals surface area contributed by atoms with E-state index in [2.05, 4.69) is 5.32 Å². The van der Waals surface area contributed by atoms with Gasteiger partial charge in [0.05, 0.1) is 5.56 Å². The number of hydrogen-bond acceptors (Lipinski definition) is 6. The minimum absolute atomic E-state index is 0.00422. The van der Waals surface area contributed by atoms with Crippen molar-refractivity contribution in [3.63, 3.8) is 0 Å². The first-order valence-corrected chi connectivity index (χ1v) is 10.4. The number of hydrogen-bond donors (Lipinski definition) is 3. The van der Waals surface area contributed by atoms with Gasteiger partial charge in [-0.1, -0.05) is 6.07 Å². The van der Waals surface area contributed by atoms with E-state index in [-0.39, 0.29) is 58.1 Å². The topological polar surface area (TPSA) is 117 Å². The van der Waals surface area contributed by atoms with E-state index >= 15 is 0 Å². The third-order valence-corrected chi connectivity index (χ3v) is 5.24. The fraction of sp³-hybridized carbons (Fsp3) is 0.0870. The van der Waals surface area contributed by atoms with Crippen molar-refractivity contribution in [2.75, 3.05) is 11.1 Å². The van der Waals surface area contributed by atoms with Crippen molar-refractivity contribution in [1.82, 2.24) is 0 Å². The Kier molecular flexibility index (Phi) is 5.83. The summed E-state index contributed by atoms with van der Waals surface area (Å²) in [6, 6.07) is 13.1. The Hall–Kier alpha value is -3.85. The second-order valence-electron chi connectivity index (χ2n) is 6.99. The van der Waals surface area contributed by atoms with Crippen molar-refractivity contribution in [2.45, 2.75) is 6.42 Å². The highest BCUT2D eigenvalue weighted by Crippen LogP contribution is 2.42. The first kappa shape index (κ1) is 21.4. The van der Waals surface area contributed by atoms with Crippen LogP contribution in [0.4, 0.5) is 9.57 Å². The minimum atomic E-state index is -1.23. The van der Waals surface area contributed by atoms with Gasteiger partial charge in [0.25, 0.3) is 0 Å². The lowest BCUT2D eigenvalue weighted by molar-refractivity contribution is -0.115. The fourth-order valence-corrected chi connectivity index (χ4v) is 3.78. The molecule has 2 aromatic rings. The van der Waals surface area contributed by atoms with Crippen LogP contribution in [0.25, 0.3) is 33.4 Å². The second-order valence-corrected chi connectivity index (χ2v) is 7.62. The number of carboxylic acid groups (broad SMARTS) is 1.